The summed E-state index contributed by atoms with van der Waals surface area (Å²) in [4.78, 5) is 7.48. The van der Waals surface area contributed by atoms with E-state index in [4.69, 9.17) is 21.8 Å². The average Bonchev–Trinajstić information content (AvgIpc) is 2.96. The van der Waals surface area contributed by atoms with Gasteiger partial charge in [0.2, 0.25) is 0 Å². The van der Waals surface area contributed by atoms with Crippen molar-refractivity contribution in [3.8, 4) is 16.2 Å². The Balaban J connectivity index is 1.70. The first kappa shape index (κ1) is 20.6. The summed E-state index contributed by atoms with van der Waals surface area (Å²) in [5.74, 6) is 0.847. The normalized spacial score (nSPS) is 11.4. The highest BCUT2D eigenvalue weighted by atomic mass is 32.1. The second kappa shape index (κ2) is 8.93. The van der Waals surface area contributed by atoms with Crippen molar-refractivity contribution < 1.29 is 9.57 Å². The van der Waals surface area contributed by atoms with Gasteiger partial charge in [0.25, 0.3) is 0 Å². The molecule has 0 radical (unpaired) electrons. The molecule has 2 aromatic carbocycles. The van der Waals surface area contributed by atoms with Crippen molar-refractivity contribution in [3.05, 3.63) is 69.8 Å². The van der Waals surface area contributed by atoms with Crippen LogP contribution in [0.2, 0.25) is 0 Å². The highest BCUT2D eigenvalue weighted by molar-refractivity contribution is 7.73. The van der Waals surface area contributed by atoms with Gasteiger partial charge < -0.3 is 9.57 Å². The van der Waals surface area contributed by atoms with Gasteiger partial charge in [0.1, 0.15) is 11.4 Å². The number of benzene rings is 2. The lowest BCUT2D eigenvalue weighted by molar-refractivity contribution is -0.0379. The highest BCUT2D eigenvalue weighted by Gasteiger charge is 2.23. The molecule has 0 aliphatic carbocycles. The summed E-state index contributed by atoms with van der Waals surface area (Å²) in [6.45, 7) is 6.32. The molecule has 0 amide bonds. The van der Waals surface area contributed by atoms with Gasteiger partial charge in [-0.05, 0) is 87.6 Å². The van der Waals surface area contributed by atoms with Crippen LogP contribution in [0.1, 0.15) is 37.9 Å². The molecule has 0 spiro atoms. The smallest absolute Gasteiger partial charge is 0.197 e. The first-order valence-corrected chi connectivity index (χ1v) is 10.7. The lowest BCUT2D eigenvalue weighted by atomic mass is 9.99. The van der Waals surface area contributed by atoms with Crippen LogP contribution in [0.4, 0.5) is 0 Å². The lowest BCUT2D eigenvalue weighted by Crippen LogP contribution is -2.35. The summed E-state index contributed by atoms with van der Waals surface area (Å²) in [5.41, 5.74) is 3.23. The van der Waals surface area contributed by atoms with Gasteiger partial charge in [-0.3, -0.25) is 0 Å². The Kier molecular flexibility index (Phi) is 6.57. The molecule has 1 aromatic heterocycles. The fraction of sp³-hybridized carbons (Fsp3) is 0.348. The lowest BCUT2D eigenvalue weighted by Gasteiger charge is -2.27. The van der Waals surface area contributed by atoms with Crippen molar-refractivity contribution in [2.45, 2.75) is 45.6 Å². The molecule has 0 saturated heterocycles. The van der Waals surface area contributed by atoms with Crippen molar-refractivity contribution >= 4 is 23.6 Å². The summed E-state index contributed by atoms with van der Waals surface area (Å²) in [5, 5.41) is 0. The third-order valence-electron chi connectivity index (χ3n) is 4.77. The number of rotatable bonds is 8. The van der Waals surface area contributed by atoms with E-state index in [1.54, 1.807) is 18.4 Å². The van der Waals surface area contributed by atoms with E-state index < -0.39 is 0 Å². The molecule has 5 heteroatoms. The van der Waals surface area contributed by atoms with Crippen LogP contribution in [-0.2, 0) is 6.42 Å². The number of thiazole rings is 1. The molecule has 0 bridgehead atoms. The largest absolute Gasteiger partial charge is 0.497 e. The Labute approximate surface area is 176 Å². The van der Waals surface area contributed by atoms with Crippen molar-refractivity contribution in [1.82, 2.24) is 4.73 Å². The molecule has 0 saturated carbocycles. The molecule has 0 aliphatic rings. The SMILES string of the molecule is COc1ccc(-c2sc(=S)n(OC(C)(C)CCCc3ccccc3)c2C)cc1. The fourth-order valence-electron chi connectivity index (χ4n) is 3.20. The van der Waals surface area contributed by atoms with E-state index in [1.807, 2.05) is 16.9 Å². The molecule has 0 aliphatic heterocycles. The van der Waals surface area contributed by atoms with Crippen LogP contribution < -0.4 is 9.57 Å². The molecular weight excluding hydrogens is 386 g/mol. The molecule has 0 atom stereocenters. The van der Waals surface area contributed by atoms with Gasteiger partial charge in [0.15, 0.2) is 3.95 Å². The van der Waals surface area contributed by atoms with E-state index in [9.17, 15) is 0 Å². The van der Waals surface area contributed by atoms with Crippen molar-refractivity contribution in [1.29, 1.82) is 0 Å². The van der Waals surface area contributed by atoms with E-state index in [0.29, 0.717) is 0 Å². The highest BCUT2D eigenvalue weighted by Crippen LogP contribution is 2.32. The number of hydrogen-bond acceptors (Lipinski definition) is 4. The predicted octanol–water partition coefficient (Wildman–Crippen LogP) is 6.49. The summed E-state index contributed by atoms with van der Waals surface area (Å²) in [7, 11) is 1.68. The van der Waals surface area contributed by atoms with Crippen LogP contribution in [-0.4, -0.2) is 17.4 Å². The average molecular weight is 414 g/mol. The second-order valence-electron chi connectivity index (χ2n) is 7.50. The second-order valence-corrected chi connectivity index (χ2v) is 9.14. The summed E-state index contributed by atoms with van der Waals surface area (Å²) in [6.07, 6.45) is 3.08. The summed E-state index contributed by atoms with van der Waals surface area (Å²) in [6, 6.07) is 18.6. The standard InChI is InChI=1S/C23H27NO2S2/c1-17-21(19-12-14-20(25-4)15-13-19)28-22(27)24(17)26-23(2,3)16-8-11-18-9-6-5-7-10-18/h5-7,9-10,12-15H,8,11,16H2,1-4H3. The molecule has 3 aromatic rings. The monoisotopic (exact) mass is 413 g/mol. The minimum atomic E-state index is -0.296. The van der Waals surface area contributed by atoms with Gasteiger partial charge in [0, 0.05) is 0 Å². The van der Waals surface area contributed by atoms with Gasteiger partial charge in [-0.2, -0.15) is 4.73 Å². The maximum Gasteiger partial charge on any atom is 0.197 e. The zero-order valence-electron chi connectivity index (χ0n) is 16.9. The van der Waals surface area contributed by atoms with E-state index in [-0.39, 0.29) is 5.60 Å². The number of ether oxygens (including phenoxy) is 1. The molecule has 3 nitrogen and oxygen atoms in total. The Bertz CT molecular complexity index is 957. The first-order valence-electron chi connectivity index (χ1n) is 9.50. The van der Waals surface area contributed by atoms with Crippen LogP contribution in [0.25, 0.3) is 10.4 Å². The van der Waals surface area contributed by atoms with Gasteiger partial charge in [-0.25, -0.2) is 0 Å². The van der Waals surface area contributed by atoms with Crippen molar-refractivity contribution in [2.75, 3.05) is 7.11 Å². The van der Waals surface area contributed by atoms with Gasteiger partial charge in [-0.1, -0.05) is 30.3 Å². The fourth-order valence-corrected chi connectivity index (χ4v) is 4.54. The van der Waals surface area contributed by atoms with Crippen LogP contribution >= 0.6 is 23.6 Å². The maximum absolute atomic E-state index is 6.35. The van der Waals surface area contributed by atoms with Crippen molar-refractivity contribution in [2.24, 2.45) is 0 Å². The van der Waals surface area contributed by atoms with Crippen LogP contribution in [0.3, 0.4) is 0 Å². The van der Waals surface area contributed by atoms with E-state index in [2.05, 4.69) is 63.2 Å². The quantitative estimate of drug-likeness (QED) is 0.394. The Hall–Kier alpha value is -2.11. The Morgan fingerprint density at radius 1 is 1.04 bits per heavy atom. The van der Waals surface area contributed by atoms with Gasteiger partial charge >= 0.3 is 0 Å². The van der Waals surface area contributed by atoms with Crippen LogP contribution in [0.15, 0.2) is 54.6 Å². The van der Waals surface area contributed by atoms with Crippen LogP contribution in [0.5, 0.6) is 5.75 Å². The van der Waals surface area contributed by atoms with Crippen LogP contribution in [0, 0.1) is 10.9 Å². The molecule has 0 unspecified atom stereocenters. The van der Waals surface area contributed by atoms with Gasteiger partial charge in [-0.15, -0.1) is 11.3 Å². The number of hydrogen-bond donors (Lipinski definition) is 0. The predicted molar refractivity (Wildman–Crippen MR) is 120 cm³/mol. The molecule has 28 heavy (non-hydrogen) atoms. The number of methoxy groups -OCH3 is 1. The van der Waals surface area contributed by atoms with Crippen molar-refractivity contribution in [3.63, 3.8) is 0 Å². The molecule has 3 rings (SSSR count). The summed E-state index contributed by atoms with van der Waals surface area (Å²) >= 11 is 7.18. The topological polar surface area (TPSA) is 23.4 Å². The third kappa shape index (κ3) is 5.03. The number of aromatic nitrogens is 1. The molecular formula is C23H27NO2S2. The van der Waals surface area contributed by atoms with E-state index in [0.717, 1.165) is 45.1 Å². The number of nitrogens with zero attached hydrogens (tertiary/aromatic N) is 1. The minimum Gasteiger partial charge on any atom is -0.497 e. The Morgan fingerprint density at radius 2 is 1.71 bits per heavy atom. The maximum atomic E-state index is 6.35. The first-order chi connectivity index (χ1) is 13.4. The molecule has 0 N–H and O–H groups in total. The summed E-state index contributed by atoms with van der Waals surface area (Å²) < 4.78 is 7.81. The Morgan fingerprint density at radius 3 is 2.36 bits per heavy atom. The third-order valence-corrected chi connectivity index (χ3v) is 6.26. The van der Waals surface area contributed by atoms with E-state index in [1.165, 1.54) is 5.56 Å². The number of aryl methyl sites for hydroxylation is 1. The van der Waals surface area contributed by atoms with Gasteiger partial charge in [0.05, 0.1) is 17.7 Å². The van der Waals surface area contributed by atoms with E-state index >= 15 is 0 Å². The molecule has 1 heterocycles. The molecule has 0 fully saturated rings. The zero-order chi connectivity index (χ0) is 20.1. The zero-order valence-corrected chi connectivity index (χ0v) is 18.5. The molecule has 148 valence electrons. The minimum absolute atomic E-state index is 0.296.